The number of anilines is 2. The van der Waals surface area contributed by atoms with Crippen molar-refractivity contribution >= 4 is 27.6 Å². The number of sulfonamides is 1. The number of nitrogens with zero attached hydrogens (tertiary/aromatic N) is 2. The number of carbonyl (C=O) groups excluding carboxylic acids is 1. The van der Waals surface area contributed by atoms with E-state index in [2.05, 4.69) is 25.3 Å². The number of aliphatic hydroxyl groups is 3. The fourth-order valence-corrected chi connectivity index (χ4v) is 4.42. The van der Waals surface area contributed by atoms with Gasteiger partial charge in [-0.15, -0.1) is 0 Å². The Bertz CT molecular complexity index is 1080. The Kier molecular flexibility index (Phi) is 7.49. The molecule has 1 fully saturated rings. The van der Waals surface area contributed by atoms with E-state index in [0.717, 1.165) is 0 Å². The first-order valence-corrected chi connectivity index (χ1v) is 11.6. The van der Waals surface area contributed by atoms with E-state index in [1.165, 1.54) is 31.2 Å². The minimum Gasteiger partial charge on any atom is -0.394 e. The molecule has 0 saturated carbocycles. The number of benzene rings is 1. The van der Waals surface area contributed by atoms with E-state index in [1.54, 1.807) is 19.9 Å². The predicted molar refractivity (Wildman–Crippen MR) is 118 cm³/mol. The maximum absolute atomic E-state index is 12.7. The zero-order valence-corrected chi connectivity index (χ0v) is 19.1. The number of aliphatic hydroxyl groups excluding tert-OH is 3. The molecule has 0 spiro atoms. The van der Waals surface area contributed by atoms with Gasteiger partial charge < -0.3 is 30.7 Å². The Morgan fingerprint density at radius 2 is 1.70 bits per heavy atom. The highest BCUT2D eigenvalue weighted by molar-refractivity contribution is 7.92. The molecule has 2 aromatic rings. The van der Waals surface area contributed by atoms with Crippen molar-refractivity contribution in [2.45, 2.75) is 56.2 Å². The van der Waals surface area contributed by atoms with Crippen molar-refractivity contribution in [1.29, 1.82) is 0 Å². The quantitative estimate of drug-likeness (QED) is 0.294. The van der Waals surface area contributed by atoms with Crippen LogP contribution >= 0.6 is 0 Å². The molecule has 12 nitrogen and oxygen atoms in total. The molecule has 1 saturated heterocycles. The summed E-state index contributed by atoms with van der Waals surface area (Å²) in [6.45, 7) is 4.16. The first-order chi connectivity index (χ1) is 15.5. The van der Waals surface area contributed by atoms with Gasteiger partial charge in [-0.25, -0.2) is 23.1 Å². The first-order valence-electron chi connectivity index (χ1n) is 10.1. The zero-order chi connectivity index (χ0) is 24.3. The molecular formula is C20H27N5O7S. The van der Waals surface area contributed by atoms with Crippen molar-refractivity contribution in [3.05, 3.63) is 41.7 Å². The summed E-state index contributed by atoms with van der Waals surface area (Å²) in [5, 5.41) is 35.3. The van der Waals surface area contributed by atoms with Gasteiger partial charge in [0, 0.05) is 24.0 Å². The SMILES string of the molecule is CC(=O)N[C@H]1[C@H](O)[C@H](O)[C@H](CO)O[C@@H]1Nc1ccc(S(=O)(=O)Nc2nc(C)cc(C)n2)cc1. The number of rotatable bonds is 7. The predicted octanol–water partition coefficient (Wildman–Crippen LogP) is -0.750. The van der Waals surface area contributed by atoms with Crippen molar-refractivity contribution in [2.75, 3.05) is 16.6 Å². The average molecular weight is 482 g/mol. The van der Waals surface area contributed by atoms with Crippen molar-refractivity contribution in [3.8, 4) is 0 Å². The molecule has 13 heteroatoms. The second-order valence-electron chi connectivity index (χ2n) is 7.73. The van der Waals surface area contributed by atoms with Gasteiger partial charge in [0.2, 0.25) is 11.9 Å². The Labute approximate surface area is 191 Å². The van der Waals surface area contributed by atoms with Crippen LogP contribution in [0.2, 0.25) is 0 Å². The van der Waals surface area contributed by atoms with Crippen molar-refractivity contribution in [2.24, 2.45) is 0 Å². The Morgan fingerprint density at radius 3 is 2.24 bits per heavy atom. The van der Waals surface area contributed by atoms with Gasteiger partial charge in [-0.1, -0.05) is 0 Å². The van der Waals surface area contributed by atoms with Crippen LogP contribution in [-0.4, -0.2) is 76.8 Å². The van der Waals surface area contributed by atoms with Gasteiger partial charge in [0.1, 0.15) is 24.4 Å². The average Bonchev–Trinajstić information content (AvgIpc) is 2.72. The molecule has 3 rings (SSSR count). The fourth-order valence-electron chi connectivity index (χ4n) is 3.48. The number of amides is 1. The molecule has 1 aromatic carbocycles. The third kappa shape index (κ3) is 5.94. The Balaban J connectivity index is 1.77. The summed E-state index contributed by atoms with van der Waals surface area (Å²) < 4.78 is 33.3. The number of aromatic nitrogens is 2. The number of hydrogen-bond donors (Lipinski definition) is 6. The molecule has 33 heavy (non-hydrogen) atoms. The number of carbonyl (C=O) groups is 1. The monoisotopic (exact) mass is 481 g/mol. The summed E-state index contributed by atoms with van der Waals surface area (Å²) in [6.07, 6.45) is -4.90. The zero-order valence-electron chi connectivity index (χ0n) is 18.3. The van der Waals surface area contributed by atoms with Crippen molar-refractivity contribution in [1.82, 2.24) is 15.3 Å². The van der Waals surface area contributed by atoms with Crippen molar-refractivity contribution in [3.63, 3.8) is 0 Å². The minimum absolute atomic E-state index is 0.0361. The van der Waals surface area contributed by atoms with Crippen LogP contribution in [0.25, 0.3) is 0 Å². The van der Waals surface area contributed by atoms with E-state index in [4.69, 9.17) is 4.74 Å². The fraction of sp³-hybridized carbons (Fsp3) is 0.450. The lowest BCUT2D eigenvalue weighted by Crippen LogP contribution is -2.65. The lowest BCUT2D eigenvalue weighted by Gasteiger charge is -2.43. The first kappa shape index (κ1) is 24.8. The number of ether oxygens (including phenoxy) is 1. The standard InChI is InChI=1S/C20H27N5O7S/c1-10-8-11(2)22-20(21-10)25-33(30,31)14-6-4-13(5-7-14)24-19-16(23-12(3)27)18(29)17(28)15(9-26)32-19/h4-8,15-19,24,26,28-29H,9H2,1-3H3,(H,23,27)(H,21,22,25)/t15-,16-,17+,18-,19-/m0/s1. The molecule has 2 heterocycles. The van der Waals surface area contributed by atoms with Crippen LogP contribution in [0.1, 0.15) is 18.3 Å². The highest BCUT2D eigenvalue weighted by Gasteiger charge is 2.44. The summed E-state index contributed by atoms with van der Waals surface area (Å²) in [7, 11) is -3.95. The maximum atomic E-state index is 12.7. The van der Waals surface area contributed by atoms with E-state index in [0.29, 0.717) is 17.1 Å². The van der Waals surface area contributed by atoms with Crippen LogP contribution in [-0.2, 0) is 19.6 Å². The van der Waals surface area contributed by atoms with Crippen LogP contribution in [0, 0.1) is 13.8 Å². The van der Waals surface area contributed by atoms with E-state index in [9.17, 15) is 28.5 Å². The molecule has 1 amide bonds. The number of hydrogen-bond acceptors (Lipinski definition) is 10. The lowest BCUT2D eigenvalue weighted by molar-refractivity contribution is -0.188. The van der Waals surface area contributed by atoms with Gasteiger partial charge in [0.25, 0.3) is 10.0 Å². The topological polar surface area (TPSA) is 183 Å². The molecule has 0 bridgehead atoms. The molecule has 0 unspecified atom stereocenters. The van der Waals surface area contributed by atoms with Crippen LogP contribution < -0.4 is 15.4 Å². The molecule has 5 atom stereocenters. The highest BCUT2D eigenvalue weighted by atomic mass is 32.2. The maximum Gasteiger partial charge on any atom is 0.264 e. The number of aryl methyl sites for hydroxylation is 2. The number of nitrogens with one attached hydrogen (secondary N) is 3. The Hall–Kier alpha value is -2.84. The van der Waals surface area contributed by atoms with Gasteiger partial charge >= 0.3 is 0 Å². The van der Waals surface area contributed by atoms with Crippen LogP contribution in [0.5, 0.6) is 0 Å². The minimum atomic E-state index is -3.95. The molecule has 6 N–H and O–H groups in total. The van der Waals surface area contributed by atoms with E-state index >= 15 is 0 Å². The van der Waals surface area contributed by atoms with Crippen LogP contribution in [0.3, 0.4) is 0 Å². The van der Waals surface area contributed by atoms with Gasteiger partial charge in [-0.05, 0) is 44.2 Å². The third-order valence-corrected chi connectivity index (χ3v) is 6.32. The molecule has 1 aliphatic heterocycles. The van der Waals surface area contributed by atoms with E-state index < -0.39 is 53.1 Å². The van der Waals surface area contributed by atoms with Gasteiger partial charge in [0.05, 0.1) is 11.5 Å². The lowest BCUT2D eigenvalue weighted by atomic mass is 9.96. The second kappa shape index (κ2) is 9.97. The summed E-state index contributed by atoms with van der Waals surface area (Å²) in [4.78, 5) is 19.6. The molecular weight excluding hydrogens is 454 g/mol. The summed E-state index contributed by atoms with van der Waals surface area (Å²) >= 11 is 0. The molecule has 1 aromatic heterocycles. The van der Waals surface area contributed by atoms with Gasteiger partial charge in [-0.2, -0.15) is 0 Å². The van der Waals surface area contributed by atoms with E-state index in [1.807, 2.05) is 0 Å². The summed E-state index contributed by atoms with van der Waals surface area (Å²) in [6, 6.07) is 6.33. The molecule has 0 aliphatic carbocycles. The highest BCUT2D eigenvalue weighted by Crippen LogP contribution is 2.24. The Morgan fingerprint density at radius 1 is 1.09 bits per heavy atom. The summed E-state index contributed by atoms with van der Waals surface area (Å²) in [5.41, 5.74) is 1.65. The molecule has 1 aliphatic rings. The molecule has 0 radical (unpaired) electrons. The van der Waals surface area contributed by atoms with E-state index in [-0.39, 0.29) is 10.8 Å². The third-order valence-electron chi connectivity index (χ3n) is 4.98. The van der Waals surface area contributed by atoms with Crippen LogP contribution in [0.15, 0.2) is 35.2 Å². The van der Waals surface area contributed by atoms with Gasteiger partial charge in [0.15, 0.2) is 6.23 Å². The van der Waals surface area contributed by atoms with Gasteiger partial charge in [-0.3, -0.25) is 4.79 Å². The van der Waals surface area contributed by atoms with Crippen molar-refractivity contribution < 1.29 is 33.3 Å². The largest absolute Gasteiger partial charge is 0.394 e. The molecule has 180 valence electrons. The summed E-state index contributed by atoms with van der Waals surface area (Å²) in [5.74, 6) is -0.490. The smallest absolute Gasteiger partial charge is 0.264 e. The normalized spacial score (nSPS) is 25.3. The van der Waals surface area contributed by atoms with Crippen LogP contribution in [0.4, 0.5) is 11.6 Å². The second-order valence-corrected chi connectivity index (χ2v) is 9.42.